The average Bonchev–Trinajstić information content (AvgIpc) is 2.48. The van der Waals surface area contributed by atoms with E-state index in [2.05, 4.69) is 29.4 Å². The van der Waals surface area contributed by atoms with E-state index in [1.807, 2.05) is 18.2 Å². The van der Waals surface area contributed by atoms with Gasteiger partial charge in [0.1, 0.15) is 0 Å². The van der Waals surface area contributed by atoms with Crippen LogP contribution in [0.5, 0.6) is 0 Å². The van der Waals surface area contributed by atoms with Crippen molar-refractivity contribution in [3.8, 4) is 0 Å². The van der Waals surface area contributed by atoms with Crippen LogP contribution in [-0.4, -0.2) is 17.4 Å². The van der Waals surface area contributed by atoms with E-state index in [0.717, 1.165) is 6.42 Å². The van der Waals surface area contributed by atoms with Crippen molar-refractivity contribution < 1.29 is 4.79 Å². The third kappa shape index (κ3) is 3.82. The Labute approximate surface area is 117 Å². The van der Waals surface area contributed by atoms with Crippen molar-refractivity contribution in [2.45, 2.75) is 19.3 Å². The first kappa shape index (κ1) is 14.1. The van der Waals surface area contributed by atoms with Crippen LogP contribution in [0.25, 0.3) is 0 Å². The van der Waals surface area contributed by atoms with E-state index >= 15 is 0 Å². The highest BCUT2D eigenvalue weighted by atomic mass is 16.1. The molecule has 4 nitrogen and oxygen atoms in total. The van der Waals surface area contributed by atoms with Gasteiger partial charge in [0, 0.05) is 18.8 Å². The van der Waals surface area contributed by atoms with Gasteiger partial charge in [-0.1, -0.05) is 37.3 Å². The smallest absolute Gasteiger partial charge is 0.252 e. The summed E-state index contributed by atoms with van der Waals surface area (Å²) in [5.41, 5.74) is 1.53. The van der Waals surface area contributed by atoms with Crippen molar-refractivity contribution in [3.05, 3.63) is 70.1 Å². The summed E-state index contributed by atoms with van der Waals surface area (Å²) in [5.74, 6) is 0.230. The van der Waals surface area contributed by atoms with Gasteiger partial charge >= 0.3 is 0 Å². The Hall–Kier alpha value is -2.36. The van der Waals surface area contributed by atoms with Crippen molar-refractivity contribution in [1.82, 2.24) is 10.3 Å². The van der Waals surface area contributed by atoms with Gasteiger partial charge in [0.15, 0.2) is 0 Å². The molecule has 1 aromatic carbocycles. The van der Waals surface area contributed by atoms with E-state index in [4.69, 9.17) is 0 Å². The maximum atomic E-state index is 11.8. The van der Waals surface area contributed by atoms with Gasteiger partial charge in [-0.15, -0.1) is 0 Å². The van der Waals surface area contributed by atoms with Gasteiger partial charge in [-0.3, -0.25) is 9.59 Å². The Morgan fingerprint density at radius 2 is 1.95 bits per heavy atom. The summed E-state index contributed by atoms with van der Waals surface area (Å²) in [4.78, 5) is 25.2. The molecular weight excluding hydrogens is 252 g/mol. The van der Waals surface area contributed by atoms with Crippen LogP contribution < -0.4 is 10.9 Å². The molecule has 104 valence electrons. The number of H-pyrrole nitrogens is 1. The molecule has 1 unspecified atom stereocenters. The lowest BCUT2D eigenvalue weighted by atomic mass is 9.98. The van der Waals surface area contributed by atoms with Crippen LogP contribution in [-0.2, 0) is 0 Å². The van der Waals surface area contributed by atoms with Crippen LogP contribution in [0, 0.1) is 0 Å². The second kappa shape index (κ2) is 6.70. The third-order valence-corrected chi connectivity index (χ3v) is 3.28. The second-order valence-corrected chi connectivity index (χ2v) is 4.80. The summed E-state index contributed by atoms with van der Waals surface area (Å²) in [6.07, 6.45) is 2.30. The summed E-state index contributed by atoms with van der Waals surface area (Å²) >= 11 is 0. The first-order valence-corrected chi connectivity index (χ1v) is 6.68. The molecule has 20 heavy (non-hydrogen) atoms. The van der Waals surface area contributed by atoms with E-state index in [9.17, 15) is 9.59 Å². The Bertz CT molecular complexity index is 599. The van der Waals surface area contributed by atoms with Crippen LogP contribution in [0.1, 0.15) is 35.2 Å². The molecule has 2 aromatic rings. The molecule has 1 aromatic heterocycles. The van der Waals surface area contributed by atoms with Gasteiger partial charge in [0.05, 0.1) is 5.56 Å². The fourth-order valence-electron chi connectivity index (χ4n) is 2.00. The van der Waals surface area contributed by atoms with Crippen molar-refractivity contribution in [1.29, 1.82) is 0 Å². The zero-order valence-electron chi connectivity index (χ0n) is 11.4. The highest BCUT2D eigenvalue weighted by molar-refractivity contribution is 5.93. The summed E-state index contributed by atoms with van der Waals surface area (Å²) in [5, 5.41) is 2.86. The Morgan fingerprint density at radius 3 is 2.60 bits per heavy atom. The Morgan fingerprint density at radius 1 is 1.20 bits per heavy atom. The molecule has 0 aliphatic heterocycles. The summed E-state index contributed by atoms with van der Waals surface area (Å²) in [6, 6.07) is 13.1. The van der Waals surface area contributed by atoms with E-state index in [0.29, 0.717) is 18.0 Å². The molecule has 0 aliphatic rings. The molecule has 0 aliphatic carbocycles. The predicted molar refractivity (Wildman–Crippen MR) is 78.9 cm³/mol. The largest absolute Gasteiger partial charge is 0.352 e. The number of hydrogen-bond donors (Lipinski definition) is 2. The molecule has 0 bridgehead atoms. The van der Waals surface area contributed by atoms with Gasteiger partial charge < -0.3 is 10.3 Å². The van der Waals surface area contributed by atoms with Crippen molar-refractivity contribution in [2.75, 3.05) is 6.54 Å². The molecule has 1 atom stereocenters. The highest BCUT2D eigenvalue weighted by Gasteiger charge is 2.07. The van der Waals surface area contributed by atoms with Crippen LogP contribution >= 0.6 is 0 Å². The summed E-state index contributed by atoms with van der Waals surface area (Å²) < 4.78 is 0. The minimum atomic E-state index is -0.209. The van der Waals surface area contributed by atoms with Gasteiger partial charge in [-0.2, -0.15) is 0 Å². The van der Waals surface area contributed by atoms with Gasteiger partial charge in [0.2, 0.25) is 5.56 Å². The molecule has 2 N–H and O–H groups in total. The zero-order chi connectivity index (χ0) is 14.4. The molecule has 0 saturated carbocycles. The number of pyridine rings is 1. The number of hydrogen-bond acceptors (Lipinski definition) is 2. The predicted octanol–water partition coefficient (Wildman–Crippen LogP) is 2.30. The van der Waals surface area contributed by atoms with E-state index in [-0.39, 0.29) is 11.5 Å². The fraction of sp³-hybridized carbons (Fsp3) is 0.250. The SMILES string of the molecule is CC(CCNC(=O)c1ccc(=O)[nH]c1)c1ccccc1. The molecule has 1 heterocycles. The van der Waals surface area contributed by atoms with Gasteiger partial charge in [-0.05, 0) is 24.0 Å². The van der Waals surface area contributed by atoms with Crippen LogP contribution in [0.4, 0.5) is 0 Å². The third-order valence-electron chi connectivity index (χ3n) is 3.28. The molecule has 0 radical (unpaired) electrons. The number of nitrogens with one attached hydrogen (secondary N) is 2. The Kier molecular flexibility index (Phi) is 4.71. The maximum absolute atomic E-state index is 11.8. The summed E-state index contributed by atoms with van der Waals surface area (Å²) in [6.45, 7) is 2.75. The number of rotatable bonds is 5. The number of amides is 1. The van der Waals surface area contributed by atoms with Gasteiger partial charge in [0.25, 0.3) is 5.91 Å². The number of carbonyl (C=O) groups is 1. The molecule has 0 saturated heterocycles. The Balaban J connectivity index is 1.82. The second-order valence-electron chi connectivity index (χ2n) is 4.80. The molecule has 0 fully saturated rings. The molecule has 2 rings (SSSR count). The number of aromatic amines is 1. The number of benzene rings is 1. The molecule has 4 heteroatoms. The first-order chi connectivity index (χ1) is 9.66. The molecule has 0 spiro atoms. The zero-order valence-corrected chi connectivity index (χ0v) is 11.4. The quantitative estimate of drug-likeness (QED) is 0.875. The maximum Gasteiger partial charge on any atom is 0.252 e. The molecular formula is C16H18N2O2. The lowest BCUT2D eigenvalue weighted by Gasteiger charge is -2.12. The van der Waals surface area contributed by atoms with Gasteiger partial charge in [-0.25, -0.2) is 0 Å². The number of aromatic nitrogens is 1. The summed E-state index contributed by atoms with van der Waals surface area (Å²) in [7, 11) is 0. The molecule has 1 amide bonds. The monoisotopic (exact) mass is 270 g/mol. The average molecular weight is 270 g/mol. The normalized spacial score (nSPS) is 11.8. The highest BCUT2D eigenvalue weighted by Crippen LogP contribution is 2.17. The van der Waals surface area contributed by atoms with Crippen molar-refractivity contribution >= 4 is 5.91 Å². The minimum Gasteiger partial charge on any atom is -0.352 e. The first-order valence-electron chi connectivity index (χ1n) is 6.68. The van der Waals surface area contributed by atoms with E-state index in [1.54, 1.807) is 0 Å². The van der Waals surface area contributed by atoms with E-state index < -0.39 is 0 Å². The number of carbonyl (C=O) groups excluding carboxylic acids is 1. The van der Waals surface area contributed by atoms with E-state index in [1.165, 1.54) is 23.9 Å². The standard InChI is InChI=1S/C16H18N2O2/c1-12(13-5-3-2-4-6-13)9-10-17-16(20)14-7-8-15(19)18-11-14/h2-8,11-12H,9-10H2,1H3,(H,17,20)(H,18,19). The van der Waals surface area contributed by atoms with Crippen molar-refractivity contribution in [2.24, 2.45) is 0 Å². The van der Waals surface area contributed by atoms with Crippen LogP contribution in [0.3, 0.4) is 0 Å². The minimum absolute atomic E-state index is 0.165. The van der Waals surface area contributed by atoms with Crippen LogP contribution in [0.2, 0.25) is 0 Å². The topological polar surface area (TPSA) is 62.0 Å². The lowest BCUT2D eigenvalue weighted by molar-refractivity contribution is 0.0952. The van der Waals surface area contributed by atoms with Crippen molar-refractivity contribution in [3.63, 3.8) is 0 Å². The lowest BCUT2D eigenvalue weighted by Crippen LogP contribution is -2.26. The fourth-order valence-corrected chi connectivity index (χ4v) is 2.00. The van der Waals surface area contributed by atoms with Crippen LogP contribution in [0.15, 0.2) is 53.5 Å².